The van der Waals surface area contributed by atoms with Crippen LogP contribution >= 0.6 is 11.6 Å². The molecule has 1 unspecified atom stereocenters. The summed E-state index contributed by atoms with van der Waals surface area (Å²) in [4.78, 5) is 25.0. The Morgan fingerprint density at radius 1 is 1.00 bits per heavy atom. The SMILES string of the molecule is C[C@@H](NC(=O)C[NH+](C)CC(=O)Nc1ccc(Cl)cc1)c1ccccc1. The number of nitrogens with one attached hydrogen (secondary N) is 3. The number of anilines is 1. The van der Waals surface area contributed by atoms with Crippen LogP contribution in [0.4, 0.5) is 5.69 Å². The maximum atomic E-state index is 12.1. The van der Waals surface area contributed by atoms with Gasteiger partial charge in [-0.05, 0) is 36.8 Å². The fourth-order valence-electron chi connectivity index (χ4n) is 2.47. The van der Waals surface area contributed by atoms with E-state index in [2.05, 4.69) is 10.6 Å². The van der Waals surface area contributed by atoms with Crippen LogP contribution in [-0.4, -0.2) is 32.0 Å². The van der Waals surface area contributed by atoms with E-state index in [-0.39, 0.29) is 30.9 Å². The van der Waals surface area contributed by atoms with E-state index in [1.165, 1.54) is 0 Å². The molecule has 0 aliphatic carbocycles. The summed E-state index contributed by atoms with van der Waals surface area (Å²) in [5.74, 6) is -0.239. The van der Waals surface area contributed by atoms with E-state index >= 15 is 0 Å². The number of hydrogen-bond donors (Lipinski definition) is 3. The minimum Gasteiger partial charge on any atom is -0.345 e. The molecule has 132 valence electrons. The third-order valence-electron chi connectivity index (χ3n) is 3.73. The summed E-state index contributed by atoms with van der Waals surface area (Å²) in [6.45, 7) is 2.37. The number of benzene rings is 2. The molecule has 0 radical (unpaired) electrons. The van der Waals surface area contributed by atoms with Gasteiger partial charge in [-0.25, -0.2) is 0 Å². The molecule has 6 heteroatoms. The summed E-state index contributed by atoms with van der Waals surface area (Å²) < 4.78 is 0. The molecule has 0 spiro atoms. The van der Waals surface area contributed by atoms with E-state index in [9.17, 15) is 9.59 Å². The molecule has 0 aromatic heterocycles. The van der Waals surface area contributed by atoms with Crippen LogP contribution in [0.3, 0.4) is 0 Å². The Balaban J connectivity index is 1.76. The van der Waals surface area contributed by atoms with Gasteiger partial charge in [0.2, 0.25) is 0 Å². The number of amides is 2. The molecule has 2 aromatic carbocycles. The van der Waals surface area contributed by atoms with Crippen LogP contribution in [0.5, 0.6) is 0 Å². The molecule has 0 fully saturated rings. The molecule has 2 rings (SSSR count). The van der Waals surface area contributed by atoms with E-state index in [0.29, 0.717) is 10.7 Å². The van der Waals surface area contributed by atoms with Crippen LogP contribution in [0, 0.1) is 0 Å². The van der Waals surface area contributed by atoms with E-state index in [4.69, 9.17) is 11.6 Å². The Morgan fingerprint density at radius 2 is 1.60 bits per heavy atom. The predicted molar refractivity (Wildman–Crippen MR) is 99.7 cm³/mol. The number of quaternary nitrogens is 1. The molecular formula is C19H23ClN3O2+. The number of rotatable bonds is 7. The predicted octanol–water partition coefficient (Wildman–Crippen LogP) is 1.67. The van der Waals surface area contributed by atoms with Gasteiger partial charge in [-0.2, -0.15) is 0 Å². The number of likely N-dealkylation sites (N-methyl/N-ethyl adjacent to an activating group) is 1. The first-order valence-corrected chi connectivity index (χ1v) is 8.53. The number of carbonyl (C=O) groups excluding carboxylic acids is 2. The number of halogens is 1. The van der Waals surface area contributed by atoms with Gasteiger partial charge in [0.05, 0.1) is 13.1 Å². The molecule has 0 aliphatic rings. The molecule has 25 heavy (non-hydrogen) atoms. The first-order valence-electron chi connectivity index (χ1n) is 8.15. The largest absolute Gasteiger partial charge is 0.345 e. The Labute approximate surface area is 153 Å². The van der Waals surface area contributed by atoms with Crippen LogP contribution < -0.4 is 15.5 Å². The van der Waals surface area contributed by atoms with Gasteiger partial charge < -0.3 is 15.5 Å². The first kappa shape index (κ1) is 19.0. The third-order valence-corrected chi connectivity index (χ3v) is 3.98. The average Bonchev–Trinajstić information content (AvgIpc) is 2.57. The van der Waals surface area contributed by atoms with Crippen molar-refractivity contribution >= 4 is 29.1 Å². The number of carbonyl (C=O) groups is 2. The van der Waals surface area contributed by atoms with Gasteiger partial charge in [0.15, 0.2) is 13.1 Å². The molecule has 3 N–H and O–H groups in total. The average molecular weight is 361 g/mol. The topological polar surface area (TPSA) is 62.6 Å². The van der Waals surface area contributed by atoms with Crippen molar-refractivity contribution < 1.29 is 14.5 Å². The number of hydrogen-bond acceptors (Lipinski definition) is 2. The highest BCUT2D eigenvalue weighted by Gasteiger charge is 2.16. The second-order valence-electron chi connectivity index (χ2n) is 6.07. The van der Waals surface area contributed by atoms with Crippen molar-refractivity contribution in [3.8, 4) is 0 Å². The van der Waals surface area contributed by atoms with Crippen LogP contribution in [-0.2, 0) is 9.59 Å². The van der Waals surface area contributed by atoms with Crippen LogP contribution in [0.2, 0.25) is 5.02 Å². The van der Waals surface area contributed by atoms with Gasteiger partial charge in [-0.1, -0.05) is 41.9 Å². The van der Waals surface area contributed by atoms with Gasteiger partial charge in [-0.3, -0.25) is 9.59 Å². The highest BCUT2D eigenvalue weighted by molar-refractivity contribution is 6.30. The second-order valence-corrected chi connectivity index (χ2v) is 6.50. The molecule has 2 amide bonds. The van der Waals surface area contributed by atoms with Gasteiger partial charge in [0, 0.05) is 10.7 Å². The van der Waals surface area contributed by atoms with Gasteiger partial charge >= 0.3 is 0 Å². The van der Waals surface area contributed by atoms with E-state index in [1.807, 2.05) is 44.3 Å². The standard InChI is InChI=1S/C19H22ClN3O2/c1-14(15-6-4-3-5-7-15)21-18(24)12-23(2)13-19(25)22-17-10-8-16(20)9-11-17/h3-11,14H,12-13H2,1-2H3,(H,21,24)(H,22,25)/p+1/t14-/m1/s1. The van der Waals surface area contributed by atoms with Crippen LogP contribution in [0.25, 0.3) is 0 Å². The lowest BCUT2D eigenvalue weighted by Gasteiger charge is -2.17. The van der Waals surface area contributed by atoms with Crippen molar-refractivity contribution in [3.63, 3.8) is 0 Å². The maximum absolute atomic E-state index is 12.1. The van der Waals surface area contributed by atoms with Gasteiger partial charge in [0.1, 0.15) is 0 Å². The zero-order valence-electron chi connectivity index (χ0n) is 14.4. The molecule has 0 heterocycles. The van der Waals surface area contributed by atoms with E-state index in [1.54, 1.807) is 24.3 Å². The summed E-state index contributed by atoms with van der Waals surface area (Å²) in [5, 5.41) is 6.36. The van der Waals surface area contributed by atoms with E-state index < -0.39 is 0 Å². The van der Waals surface area contributed by atoms with Crippen molar-refractivity contribution in [1.82, 2.24) is 5.32 Å². The summed E-state index contributed by atoms with van der Waals surface area (Å²) >= 11 is 5.81. The smallest absolute Gasteiger partial charge is 0.279 e. The van der Waals surface area contributed by atoms with Crippen molar-refractivity contribution in [2.45, 2.75) is 13.0 Å². The molecule has 0 saturated heterocycles. The molecular weight excluding hydrogens is 338 g/mol. The summed E-state index contributed by atoms with van der Waals surface area (Å²) in [7, 11) is 1.81. The minimum atomic E-state index is -0.149. The summed E-state index contributed by atoms with van der Waals surface area (Å²) in [5.41, 5.74) is 1.73. The Bertz CT molecular complexity index is 704. The van der Waals surface area contributed by atoms with Crippen molar-refractivity contribution in [2.75, 3.05) is 25.5 Å². The molecule has 0 saturated carbocycles. The monoisotopic (exact) mass is 360 g/mol. The fraction of sp³-hybridized carbons (Fsp3) is 0.263. The Hall–Kier alpha value is -2.37. The van der Waals surface area contributed by atoms with Gasteiger partial charge in [-0.15, -0.1) is 0 Å². The Morgan fingerprint density at radius 3 is 2.24 bits per heavy atom. The van der Waals surface area contributed by atoms with Crippen LogP contribution in [0.1, 0.15) is 18.5 Å². The molecule has 2 aromatic rings. The lowest BCUT2D eigenvalue weighted by molar-refractivity contribution is -0.862. The molecule has 0 bridgehead atoms. The normalized spacial score (nSPS) is 12.9. The van der Waals surface area contributed by atoms with Crippen LogP contribution in [0.15, 0.2) is 54.6 Å². The van der Waals surface area contributed by atoms with Crippen molar-refractivity contribution in [1.29, 1.82) is 0 Å². The summed E-state index contributed by atoms with van der Waals surface area (Å²) in [6.07, 6.45) is 0. The quantitative estimate of drug-likeness (QED) is 0.703. The fourth-order valence-corrected chi connectivity index (χ4v) is 2.59. The zero-order valence-corrected chi connectivity index (χ0v) is 15.1. The van der Waals surface area contributed by atoms with Crippen molar-refractivity contribution in [3.05, 3.63) is 65.2 Å². The first-order chi connectivity index (χ1) is 11.9. The Kier molecular flexibility index (Phi) is 6.98. The van der Waals surface area contributed by atoms with E-state index in [0.717, 1.165) is 10.5 Å². The van der Waals surface area contributed by atoms with Crippen molar-refractivity contribution in [2.24, 2.45) is 0 Å². The second kappa shape index (κ2) is 9.20. The molecule has 5 nitrogen and oxygen atoms in total. The molecule has 2 atom stereocenters. The highest BCUT2D eigenvalue weighted by atomic mass is 35.5. The lowest BCUT2D eigenvalue weighted by atomic mass is 10.1. The zero-order chi connectivity index (χ0) is 18.2. The molecule has 0 aliphatic heterocycles. The minimum absolute atomic E-state index is 0.0654. The summed E-state index contributed by atoms with van der Waals surface area (Å²) in [6, 6.07) is 16.6. The lowest BCUT2D eigenvalue weighted by Crippen LogP contribution is -3.11. The maximum Gasteiger partial charge on any atom is 0.279 e. The van der Waals surface area contributed by atoms with Gasteiger partial charge in [0.25, 0.3) is 11.8 Å². The highest BCUT2D eigenvalue weighted by Crippen LogP contribution is 2.13. The third kappa shape index (κ3) is 6.57.